The van der Waals surface area contributed by atoms with E-state index in [0.29, 0.717) is 17.7 Å². The molecule has 2 aromatic carbocycles. The summed E-state index contributed by atoms with van der Waals surface area (Å²) in [5.41, 5.74) is 6.01. The fourth-order valence-corrected chi connectivity index (χ4v) is 3.27. The zero-order valence-electron chi connectivity index (χ0n) is 16.1. The highest BCUT2D eigenvalue weighted by Crippen LogP contribution is 2.22. The summed E-state index contributed by atoms with van der Waals surface area (Å²) in [6.45, 7) is 7.76. The standard InChI is InChI=1S/C23H23NO3/c1-14-10-15(2)21(16(3)11-14)13-20-8-9-22(27-20)23(26)24-19-7-5-6-18(12-19)17(4)25/h5-12H,13H2,1-4H3,(H,24,26). The Hall–Kier alpha value is -3.14. The number of hydrogen-bond acceptors (Lipinski definition) is 3. The molecule has 0 aliphatic heterocycles. The third-order valence-electron chi connectivity index (χ3n) is 4.60. The number of anilines is 1. The van der Waals surface area contributed by atoms with Crippen molar-refractivity contribution in [1.82, 2.24) is 0 Å². The molecule has 0 unspecified atom stereocenters. The van der Waals surface area contributed by atoms with Crippen molar-refractivity contribution in [2.24, 2.45) is 0 Å². The van der Waals surface area contributed by atoms with Gasteiger partial charge >= 0.3 is 0 Å². The van der Waals surface area contributed by atoms with Gasteiger partial charge in [-0.15, -0.1) is 0 Å². The summed E-state index contributed by atoms with van der Waals surface area (Å²) in [6, 6.07) is 14.7. The van der Waals surface area contributed by atoms with Crippen molar-refractivity contribution in [3.63, 3.8) is 0 Å². The molecule has 1 heterocycles. The molecule has 1 amide bonds. The normalized spacial score (nSPS) is 10.7. The van der Waals surface area contributed by atoms with E-state index in [9.17, 15) is 9.59 Å². The van der Waals surface area contributed by atoms with Gasteiger partial charge in [-0.2, -0.15) is 0 Å². The van der Waals surface area contributed by atoms with Crippen LogP contribution in [-0.2, 0) is 6.42 Å². The number of amides is 1. The zero-order chi connectivity index (χ0) is 19.6. The van der Waals surface area contributed by atoms with Gasteiger partial charge in [0.25, 0.3) is 5.91 Å². The molecular formula is C23H23NO3. The summed E-state index contributed by atoms with van der Waals surface area (Å²) in [6.07, 6.45) is 0.644. The molecule has 0 fully saturated rings. The van der Waals surface area contributed by atoms with Gasteiger partial charge in [-0.25, -0.2) is 0 Å². The molecule has 0 aliphatic rings. The predicted octanol–water partition coefficient (Wildman–Crippen LogP) is 5.25. The number of Topliss-reactive ketones (excluding diaryl/α,β-unsaturated/α-hetero) is 1. The molecule has 0 atom stereocenters. The molecule has 0 spiro atoms. The maximum absolute atomic E-state index is 12.4. The lowest BCUT2D eigenvalue weighted by molar-refractivity contribution is 0.0990. The van der Waals surface area contributed by atoms with Gasteiger partial charge in [-0.3, -0.25) is 9.59 Å². The van der Waals surface area contributed by atoms with Gasteiger partial charge in [0.05, 0.1) is 0 Å². The van der Waals surface area contributed by atoms with Gasteiger partial charge in [0, 0.05) is 17.7 Å². The maximum atomic E-state index is 12.4. The number of benzene rings is 2. The van der Waals surface area contributed by atoms with Gasteiger partial charge < -0.3 is 9.73 Å². The summed E-state index contributed by atoms with van der Waals surface area (Å²) < 4.78 is 5.76. The lowest BCUT2D eigenvalue weighted by Crippen LogP contribution is -2.11. The fraction of sp³-hybridized carbons (Fsp3) is 0.217. The molecule has 0 radical (unpaired) electrons. The van der Waals surface area contributed by atoms with Gasteiger partial charge in [0.15, 0.2) is 11.5 Å². The van der Waals surface area contributed by atoms with Crippen molar-refractivity contribution in [3.05, 3.63) is 87.9 Å². The van der Waals surface area contributed by atoms with E-state index in [1.54, 1.807) is 30.3 Å². The van der Waals surface area contributed by atoms with Crippen LogP contribution in [-0.4, -0.2) is 11.7 Å². The minimum atomic E-state index is -0.334. The SMILES string of the molecule is CC(=O)c1cccc(NC(=O)c2ccc(Cc3c(C)cc(C)cc3C)o2)c1. The number of hydrogen-bond donors (Lipinski definition) is 1. The van der Waals surface area contributed by atoms with Crippen LogP contribution in [0, 0.1) is 20.8 Å². The van der Waals surface area contributed by atoms with E-state index in [0.717, 1.165) is 5.76 Å². The number of carbonyl (C=O) groups is 2. The first-order valence-corrected chi connectivity index (χ1v) is 8.91. The Kier molecular flexibility index (Phi) is 5.26. The van der Waals surface area contributed by atoms with Crippen LogP contribution in [0.1, 0.15) is 55.9 Å². The first kappa shape index (κ1) is 18.6. The monoisotopic (exact) mass is 361 g/mol. The minimum absolute atomic E-state index is 0.0461. The molecule has 0 bridgehead atoms. The molecule has 1 aromatic heterocycles. The Bertz CT molecular complexity index is 991. The molecule has 0 saturated heterocycles. The van der Waals surface area contributed by atoms with Crippen LogP contribution in [0.2, 0.25) is 0 Å². The van der Waals surface area contributed by atoms with Crippen molar-refractivity contribution < 1.29 is 14.0 Å². The summed E-state index contributed by atoms with van der Waals surface area (Å²) in [7, 11) is 0. The first-order valence-electron chi connectivity index (χ1n) is 8.91. The molecule has 3 rings (SSSR count). The molecule has 0 saturated carbocycles. The van der Waals surface area contributed by atoms with E-state index < -0.39 is 0 Å². The second-order valence-electron chi connectivity index (χ2n) is 6.91. The topological polar surface area (TPSA) is 59.3 Å². The maximum Gasteiger partial charge on any atom is 0.291 e. The molecule has 1 N–H and O–H groups in total. The lowest BCUT2D eigenvalue weighted by atomic mass is 9.97. The van der Waals surface area contributed by atoms with E-state index >= 15 is 0 Å². The van der Waals surface area contributed by atoms with Crippen molar-refractivity contribution in [2.45, 2.75) is 34.1 Å². The van der Waals surface area contributed by atoms with Gasteiger partial charge in [0.2, 0.25) is 0 Å². The first-order chi connectivity index (χ1) is 12.8. The van der Waals surface area contributed by atoms with Crippen LogP contribution < -0.4 is 5.32 Å². The van der Waals surface area contributed by atoms with Crippen LogP contribution in [0.25, 0.3) is 0 Å². The van der Waals surface area contributed by atoms with Crippen molar-refractivity contribution in [2.75, 3.05) is 5.32 Å². The second-order valence-corrected chi connectivity index (χ2v) is 6.91. The Morgan fingerprint density at radius 3 is 2.33 bits per heavy atom. The number of furan rings is 1. The van der Waals surface area contributed by atoms with Crippen LogP contribution in [0.15, 0.2) is 52.9 Å². The van der Waals surface area contributed by atoms with Gasteiger partial charge in [-0.05, 0) is 68.7 Å². The third kappa shape index (κ3) is 4.34. The Labute approximate surface area is 159 Å². The van der Waals surface area contributed by atoms with Crippen molar-refractivity contribution in [1.29, 1.82) is 0 Å². The second kappa shape index (κ2) is 7.62. The highest BCUT2D eigenvalue weighted by atomic mass is 16.3. The molecule has 4 nitrogen and oxygen atoms in total. The largest absolute Gasteiger partial charge is 0.456 e. The number of aryl methyl sites for hydroxylation is 3. The summed E-state index contributed by atoms with van der Waals surface area (Å²) in [5.74, 6) is 0.614. The molecule has 3 aromatic rings. The average molecular weight is 361 g/mol. The third-order valence-corrected chi connectivity index (χ3v) is 4.60. The highest BCUT2D eigenvalue weighted by molar-refractivity contribution is 6.03. The fourth-order valence-electron chi connectivity index (χ4n) is 3.27. The molecular weight excluding hydrogens is 338 g/mol. The average Bonchev–Trinajstić information content (AvgIpc) is 3.07. The highest BCUT2D eigenvalue weighted by Gasteiger charge is 2.14. The van der Waals surface area contributed by atoms with E-state index in [1.807, 2.05) is 6.07 Å². The van der Waals surface area contributed by atoms with Crippen molar-refractivity contribution in [3.8, 4) is 0 Å². The summed E-state index contributed by atoms with van der Waals surface area (Å²) in [4.78, 5) is 23.9. The van der Waals surface area contributed by atoms with E-state index in [4.69, 9.17) is 4.42 Å². The van der Waals surface area contributed by atoms with E-state index in [2.05, 4.69) is 38.2 Å². The van der Waals surface area contributed by atoms with E-state index in [1.165, 1.54) is 29.2 Å². The summed E-state index contributed by atoms with van der Waals surface area (Å²) >= 11 is 0. The zero-order valence-corrected chi connectivity index (χ0v) is 16.1. The van der Waals surface area contributed by atoms with Crippen LogP contribution in [0.4, 0.5) is 5.69 Å². The quantitative estimate of drug-likeness (QED) is 0.631. The van der Waals surface area contributed by atoms with Crippen LogP contribution in [0.5, 0.6) is 0 Å². The van der Waals surface area contributed by atoms with E-state index in [-0.39, 0.29) is 17.5 Å². The van der Waals surface area contributed by atoms with Gasteiger partial charge in [0.1, 0.15) is 5.76 Å². The minimum Gasteiger partial charge on any atom is -0.456 e. The smallest absolute Gasteiger partial charge is 0.291 e. The van der Waals surface area contributed by atoms with Crippen LogP contribution >= 0.6 is 0 Å². The lowest BCUT2D eigenvalue weighted by Gasteiger charge is -2.10. The molecule has 138 valence electrons. The number of rotatable bonds is 5. The Morgan fingerprint density at radius 2 is 1.67 bits per heavy atom. The molecule has 4 heteroatoms. The predicted molar refractivity (Wildman–Crippen MR) is 107 cm³/mol. The van der Waals surface area contributed by atoms with Crippen molar-refractivity contribution >= 4 is 17.4 Å². The number of carbonyl (C=O) groups excluding carboxylic acids is 2. The summed E-state index contributed by atoms with van der Waals surface area (Å²) in [5, 5.41) is 2.78. The molecule has 0 aliphatic carbocycles. The Balaban J connectivity index is 1.75. The Morgan fingerprint density at radius 1 is 0.963 bits per heavy atom. The van der Waals surface area contributed by atoms with Crippen LogP contribution in [0.3, 0.4) is 0 Å². The molecule has 27 heavy (non-hydrogen) atoms. The number of nitrogens with one attached hydrogen (secondary N) is 1. The number of ketones is 1. The van der Waals surface area contributed by atoms with Gasteiger partial charge in [-0.1, -0.05) is 29.8 Å².